The lowest BCUT2D eigenvalue weighted by molar-refractivity contribution is -0.199. The highest BCUT2D eigenvalue weighted by atomic mass is 16.7. The maximum Gasteiger partial charge on any atom is 0.494 e. The maximum atomic E-state index is 6.58. The van der Waals surface area contributed by atoms with Gasteiger partial charge >= 0.3 is 7.12 Å². The van der Waals surface area contributed by atoms with Crippen molar-refractivity contribution >= 4 is 18.5 Å². The number of hydrogen-bond donors (Lipinski definition) is 0. The summed E-state index contributed by atoms with van der Waals surface area (Å²) in [5.41, 5.74) is 2.10. The average Bonchev–Trinajstić information content (AvgIpc) is 3.13. The van der Waals surface area contributed by atoms with Crippen LogP contribution in [-0.4, -0.2) is 36.9 Å². The fourth-order valence-corrected chi connectivity index (χ4v) is 5.56. The van der Waals surface area contributed by atoms with E-state index in [9.17, 15) is 0 Å². The van der Waals surface area contributed by atoms with Gasteiger partial charge in [-0.3, -0.25) is 0 Å². The first-order valence-electron chi connectivity index (χ1n) is 9.85. The van der Waals surface area contributed by atoms with Crippen LogP contribution >= 0.6 is 0 Å². The third-order valence-corrected chi connectivity index (χ3v) is 7.32. The molecule has 3 aliphatic carbocycles. The number of rotatable bonds is 2. The van der Waals surface area contributed by atoms with Crippen molar-refractivity contribution in [2.75, 3.05) is 6.61 Å². The van der Waals surface area contributed by atoms with Gasteiger partial charge in [-0.1, -0.05) is 26.0 Å². The monoisotopic (exact) mass is 353 g/mol. The number of hydrogen-bond acceptors (Lipinski definition) is 4. The fourth-order valence-electron chi connectivity index (χ4n) is 5.56. The topological polar surface area (TPSA) is 40.0 Å². The first-order valence-corrected chi connectivity index (χ1v) is 9.85. The zero-order valence-electron chi connectivity index (χ0n) is 16.4. The minimum atomic E-state index is -0.296. The third-order valence-electron chi connectivity index (χ3n) is 7.32. The molecular formula is C21H28BNO3. The van der Waals surface area contributed by atoms with Gasteiger partial charge in [0.25, 0.3) is 0 Å². The summed E-state index contributed by atoms with van der Waals surface area (Å²) in [4.78, 5) is 4.69. The molecule has 4 atom stereocenters. The molecule has 1 saturated heterocycles. The first kappa shape index (κ1) is 16.8. The quantitative estimate of drug-likeness (QED) is 0.767. The molecule has 2 aliphatic heterocycles. The minimum Gasteiger partial charge on any atom is -0.475 e. The molecule has 26 heavy (non-hydrogen) atoms. The zero-order valence-corrected chi connectivity index (χ0v) is 16.4. The highest BCUT2D eigenvalue weighted by molar-refractivity contribution is 6.62. The van der Waals surface area contributed by atoms with Gasteiger partial charge in [0.15, 0.2) is 0 Å². The summed E-state index contributed by atoms with van der Waals surface area (Å²) in [5, 5.41) is 0. The fraction of sp³-hybridized carbons (Fsp3) is 0.667. The van der Waals surface area contributed by atoms with Crippen LogP contribution in [0.5, 0.6) is 0 Å². The van der Waals surface area contributed by atoms with Crippen molar-refractivity contribution in [3.05, 3.63) is 29.8 Å². The van der Waals surface area contributed by atoms with Gasteiger partial charge in [-0.2, -0.15) is 0 Å². The van der Waals surface area contributed by atoms with Gasteiger partial charge in [0.2, 0.25) is 5.90 Å². The molecule has 5 aliphatic rings. The average molecular weight is 353 g/mol. The Labute approximate surface area is 156 Å². The van der Waals surface area contributed by atoms with Crippen LogP contribution in [0.15, 0.2) is 29.3 Å². The van der Waals surface area contributed by atoms with E-state index in [-0.39, 0.29) is 24.4 Å². The third kappa shape index (κ3) is 2.26. The predicted octanol–water partition coefficient (Wildman–Crippen LogP) is 3.18. The second-order valence-corrected chi connectivity index (χ2v) is 9.94. The van der Waals surface area contributed by atoms with Crippen LogP contribution < -0.4 is 5.46 Å². The second-order valence-electron chi connectivity index (χ2n) is 9.94. The van der Waals surface area contributed by atoms with Crippen molar-refractivity contribution in [3.63, 3.8) is 0 Å². The summed E-state index contributed by atoms with van der Waals surface area (Å²) in [7, 11) is -0.296. The molecule has 4 nitrogen and oxygen atoms in total. The van der Waals surface area contributed by atoms with Crippen LogP contribution in [0, 0.1) is 17.3 Å². The summed E-state index contributed by atoms with van der Waals surface area (Å²) in [6.07, 6.45) is 2.59. The first-order chi connectivity index (χ1) is 12.2. The highest BCUT2D eigenvalue weighted by Crippen LogP contribution is 2.65. The Morgan fingerprint density at radius 1 is 1.12 bits per heavy atom. The minimum absolute atomic E-state index is 0.152. The van der Waals surface area contributed by atoms with E-state index in [4.69, 9.17) is 19.0 Å². The van der Waals surface area contributed by atoms with E-state index in [2.05, 4.69) is 46.8 Å². The molecule has 0 radical (unpaired) electrons. The van der Waals surface area contributed by atoms with Gasteiger partial charge < -0.3 is 14.0 Å². The van der Waals surface area contributed by atoms with Crippen molar-refractivity contribution in [2.24, 2.45) is 22.2 Å². The lowest BCUT2D eigenvalue weighted by atomic mass is 9.43. The highest BCUT2D eigenvalue weighted by Gasteiger charge is 2.68. The Morgan fingerprint density at radius 3 is 2.62 bits per heavy atom. The van der Waals surface area contributed by atoms with Gasteiger partial charge in [0.1, 0.15) is 6.61 Å². The van der Waals surface area contributed by atoms with Crippen LogP contribution in [0.3, 0.4) is 0 Å². The Balaban J connectivity index is 1.42. The predicted molar refractivity (Wildman–Crippen MR) is 103 cm³/mol. The molecular weight excluding hydrogens is 325 g/mol. The molecule has 1 aromatic carbocycles. The van der Waals surface area contributed by atoms with Crippen LogP contribution in [0.1, 0.15) is 53.0 Å². The largest absolute Gasteiger partial charge is 0.494 e. The molecule has 138 valence electrons. The van der Waals surface area contributed by atoms with Gasteiger partial charge in [-0.15, -0.1) is 0 Å². The van der Waals surface area contributed by atoms with Crippen molar-refractivity contribution in [1.82, 2.24) is 0 Å². The molecule has 4 fully saturated rings. The van der Waals surface area contributed by atoms with Crippen LogP contribution in [0.4, 0.5) is 0 Å². The van der Waals surface area contributed by atoms with E-state index in [0.29, 0.717) is 17.9 Å². The summed E-state index contributed by atoms with van der Waals surface area (Å²) in [6, 6.07) is 8.29. The molecule has 0 amide bonds. The van der Waals surface area contributed by atoms with E-state index in [1.165, 1.54) is 6.42 Å². The Morgan fingerprint density at radius 2 is 1.92 bits per heavy atom. The molecule has 0 N–H and O–H groups in total. The molecule has 5 heteroatoms. The van der Waals surface area contributed by atoms with Gasteiger partial charge in [-0.25, -0.2) is 4.99 Å². The van der Waals surface area contributed by atoms with Gasteiger partial charge in [-0.05, 0) is 68.5 Å². The maximum absolute atomic E-state index is 6.58. The Kier molecular flexibility index (Phi) is 3.32. The number of aliphatic imine (C=N–C) groups is 1. The van der Waals surface area contributed by atoms with Crippen molar-refractivity contribution in [2.45, 2.75) is 64.7 Å². The van der Waals surface area contributed by atoms with Crippen molar-refractivity contribution in [1.29, 1.82) is 0 Å². The van der Waals surface area contributed by atoms with E-state index < -0.39 is 0 Å². The normalized spacial score (nSPS) is 39.0. The Bertz CT molecular complexity index is 789. The number of ether oxygens (including phenoxy) is 1. The summed E-state index contributed by atoms with van der Waals surface area (Å²) >= 11 is 0. The zero-order chi connectivity index (χ0) is 18.3. The van der Waals surface area contributed by atoms with E-state index in [1.807, 2.05) is 12.1 Å². The smallest absolute Gasteiger partial charge is 0.475 e. The number of benzene rings is 1. The lowest BCUT2D eigenvalue weighted by Crippen LogP contribution is -2.65. The standard InChI is InChI=1S/C21H28BNO3/c1-19(2)12-24-18(23-19)13-7-6-8-15(9-13)22-25-17-11-14-10-16(20(14,3)4)21(17,5)26-22/h6-9,14,16-17H,10-12H2,1-5H3/t14?,16?,17?,21-/m0/s1. The molecule has 3 saturated carbocycles. The number of nitrogens with zero attached hydrogens (tertiary/aromatic N) is 1. The summed E-state index contributed by atoms with van der Waals surface area (Å²) in [5.74, 6) is 2.07. The van der Waals surface area contributed by atoms with E-state index in [1.54, 1.807) is 0 Å². The lowest BCUT2D eigenvalue weighted by Gasteiger charge is -2.64. The molecule has 6 rings (SSSR count). The SMILES string of the molecule is CC1(C)COC(c2cccc(B3OC4CC5CC(C5(C)C)[C@]4(C)O3)c2)=N1. The summed E-state index contributed by atoms with van der Waals surface area (Å²) in [6.45, 7) is 11.8. The molecule has 1 aromatic rings. The van der Waals surface area contributed by atoms with Crippen LogP contribution in [0.2, 0.25) is 0 Å². The molecule has 0 spiro atoms. The molecule has 3 unspecified atom stereocenters. The van der Waals surface area contributed by atoms with Crippen LogP contribution in [0.25, 0.3) is 0 Å². The second kappa shape index (κ2) is 5.14. The van der Waals surface area contributed by atoms with E-state index in [0.717, 1.165) is 29.3 Å². The Hall–Kier alpha value is -1.33. The molecule has 0 aromatic heterocycles. The van der Waals surface area contributed by atoms with Gasteiger partial charge in [0.05, 0.1) is 17.2 Å². The van der Waals surface area contributed by atoms with Crippen molar-refractivity contribution < 1.29 is 14.0 Å². The summed E-state index contributed by atoms with van der Waals surface area (Å²) < 4.78 is 18.8. The molecule has 2 bridgehead atoms. The van der Waals surface area contributed by atoms with Crippen LogP contribution in [-0.2, 0) is 14.0 Å². The van der Waals surface area contributed by atoms with Gasteiger partial charge in [0, 0.05) is 5.56 Å². The van der Waals surface area contributed by atoms with E-state index >= 15 is 0 Å². The van der Waals surface area contributed by atoms with Crippen molar-refractivity contribution in [3.8, 4) is 0 Å². The molecule has 2 heterocycles.